The Hall–Kier alpha value is -0.630. The third-order valence-electron chi connectivity index (χ3n) is 2.77. The summed E-state index contributed by atoms with van der Waals surface area (Å²) in [7, 11) is -3.61. The van der Waals surface area contributed by atoms with Crippen molar-refractivity contribution in [1.29, 1.82) is 0 Å². The van der Waals surface area contributed by atoms with Crippen molar-refractivity contribution in [2.24, 2.45) is 5.92 Å². The van der Waals surface area contributed by atoms with E-state index < -0.39 is 7.60 Å². The molecule has 1 N–H and O–H groups in total. The van der Waals surface area contributed by atoms with Crippen LogP contribution in [0.1, 0.15) is 39.5 Å². The number of hydrogen-bond donors (Lipinski definition) is 1. The van der Waals surface area contributed by atoms with E-state index in [4.69, 9.17) is 4.52 Å². The fourth-order valence-electron chi connectivity index (χ4n) is 1.71. The highest BCUT2D eigenvalue weighted by atomic mass is 31.2. The van der Waals surface area contributed by atoms with Gasteiger partial charge in [0.1, 0.15) is 0 Å². The van der Waals surface area contributed by atoms with Gasteiger partial charge < -0.3 is 9.42 Å². The van der Waals surface area contributed by atoms with Crippen molar-refractivity contribution in [2.75, 3.05) is 6.61 Å². The van der Waals surface area contributed by atoms with Gasteiger partial charge in [-0.15, -0.1) is 0 Å². The largest absolute Gasteiger partial charge is 0.358 e. The Balaban J connectivity index is 2.24. The predicted molar refractivity (Wildman–Crippen MR) is 75.2 cm³/mol. The molecule has 0 aliphatic rings. The van der Waals surface area contributed by atoms with Crippen LogP contribution in [0.4, 0.5) is 0 Å². The highest BCUT2D eigenvalue weighted by Gasteiger charge is 2.21. The molecule has 0 radical (unpaired) electrons. The van der Waals surface area contributed by atoms with Gasteiger partial charge in [0.2, 0.25) is 0 Å². The molecule has 3 nitrogen and oxygen atoms in total. The van der Waals surface area contributed by atoms with E-state index >= 15 is 0 Å². The summed E-state index contributed by atoms with van der Waals surface area (Å²) >= 11 is 0. The Kier molecular flexibility index (Phi) is 6.62. The van der Waals surface area contributed by atoms with Gasteiger partial charge in [-0.1, -0.05) is 51.3 Å². The smallest absolute Gasteiger partial charge is 0.321 e. The lowest BCUT2D eigenvalue weighted by Gasteiger charge is -2.12. The molecule has 1 aromatic rings. The van der Waals surface area contributed by atoms with Crippen molar-refractivity contribution in [1.82, 2.24) is 0 Å². The van der Waals surface area contributed by atoms with Crippen LogP contribution in [-0.2, 0) is 9.09 Å². The summed E-state index contributed by atoms with van der Waals surface area (Å²) in [6.45, 7) is 4.75. The van der Waals surface area contributed by atoms with E-state index in [2.05, 4.69) is 13.8 Å². The van der Waals surface area contributed by atoms with Gasteiger partial charge in [-0.05, 0) is 24.5 Å². The first-order chi connectivity index (χ1) is 8.52. The van der Waals surface area contributed by atoms with Crippen LogP contribution in [0.5, 0.6) is 0 Å². The zero-order valence-corrected chi connectivity index (χ0v) is 12.1. The molecular formula is C14H23O3P. The minimum Gasteiger partial charge on any atom is -0.321 e. The first-order valence-corrected chi connectivity index (χ1v) is 8.13. The third kappa shape index (κ3) is 5.81. The monoisotopic (exact) mass is 270 g/mol. The second-order valence-electron chi connectivity index (χ2n) is 4.93. The standard InChI is InChI=1S/C14H23O3P/c1-13(2)9-5-4-8-12-17-18(15,16)14-10-6-3-7-11-14/h3,6-7,10-11,13H,4-5,8-9,12H2,1-2H3,(H,15,16). The third-order valence-corrected chi connectivity index (χ3v) is 4.26. The molecule has 1 atom stereocenters. The maximum Gasteiger partial charge on any atom is 0.358 e. The van der Waals surface area contributed by atoms with Crippen LogP contribution in [0.2, 0.25) is 0 Å². The zero-order chi connectivity index (χ0) is 13.4. The van der Waals surface area contributed by atoms with Crippen LogP contribution in [0.25, 0.3) is 0 Å². The topological polar surface area (TPSA) is 46.5 Å². The van der Waals surface area contributed by atoms with Crippen LogP contribution < -0.4 is 5.30 Å². The molecule has 0 saturated heterocycles. The van der Waals surface area contributed by atoms with Crippen molar-refractivity contribution in [2.45, 2.75) is 39.5 Å². The lowest BCUT2D eigenvalue weighted by Crippen LogP contribution is -2.07. The fourth-order valence-corrected chi connectivity index (χ4v) is 2.79. The number of benzene rings is 1. The van der Waals surface area contributed by atoms with Gasteiger partial charge in [0, 0.05) is 0 Å². The molecule has 0 aromatic heterocycles. The van der Waals surface area contributed by atoms with Gasteiger partial charge in [-0.2, -0.15) is 0 Å². The predicted octanol–water partition coefficient (Wildman–Crippen LogP) is 3.73. The van der Waals surface area contributed by atoms with Crippen molar-refractivity contribution >= 4 is 12.9 Å². The van der Waals surface area contributed by atoms with Crippen molar-refractivity contribution in [3.8, 4) is 0 Å². The maximum absolute atomic E-state index is 11.9. The van der Waals surface area contributed by atoms with E-state index in [9.17, 15) is 9.46 Å². The van der Waals surface area contributed by atoms with Gasteiger partial charge in [-0.25, -0.2) is 0 Å². The molecule has 0 heterocycles. The minimum absolute atomic E-state index is 0.348. The Morgan fingerprint density at radius 1 is 1.17 bits per heavy atom. The zero-order valence-electron chi connectivity index (χ0n) is 11.2. The van der Waals surface area contributed by atoms with E-state index in [0.29, 0.717) is 11.9 Å². The first-order valence-electron chi connectivity index (χ1n) is 6.55. The van der Waals surface area contributed by atoms with Crippen LogP contribution in [0.15, 0.2) is 30.3 Å². The summed E-state index contributed by atoms with van der Waals surface area (Å²) in [5.41, 5.74) is 0. The highest BCUT2D eigenvalue weighted by molar-refractivity contribution is 7.61. The Morgan fingerprint density at radius 3 is 2.44 bits per heavy atom. The molecule has 4 heteroatoms. The molecule has 0 spiro atoms. The molecule has 0 amide bonds. The Labute approximate surface area is 110 Å². The summed E-state index contributed by atoms with van der Waals surface area (Å²) < 4.78 is 17.0. The summed E-state index contributed by atoms with van der Waals surface area (Å²) in [5, 5.41) is 0.368. The van der Waals surface area contributed by atoms with Gasteiger partial charge in [-0.3, -0.25) is 4.57 Å². The van der Waals surface area contributed by atoms with Crippen LogP contribution in [0.3, 0.4) is 0 Å². The Bertz CT molecular complexity index is 376. The minimum atomic E-state index is -3.61. The summed E-state index contributed by atoms with van der Waals surface area (Å²) in [4.78, 5) is 9.76. The quantitative estimate of drug-likeness (QED) is 0.578. The molecule has 1 unspecified atom stereocenters. The second-order valence-corrected chi connectivity index (χ2v) is 6.75. The summed E-state index contributed by atoms with van der Waals surface area (Å²) in [6, 6.07) is 8.54. The van der Waals surface area contributed by atoms with Crippen molar-refractivity contribution in [3.63, 3.8) is 0 Å². The van der Waals surface area contributed by atoms with Crippen LogP contribution in [-0.4, -0.2) is 11.5 Å². The molecule has 0 saturated carbocycles. The number of rotatable bonds is 8. The van der Waals surface area contributed by atoms with Crippen LogP contribution in [0, 0.1) is 5.92 Å². The van der Waals surface area contributed by atoms with Gasteiger partial charge >= 0.3 is 7.60 Å². The van der Waals surface area contributed by atoms with Gasteiger partial charge in [0.15, 0.2) is 0 Å². The highest BCUT2D eigenvalue weighted by Crippen LogP contribution is 2.40. The average molecular weight is 270 g/mol. The first kappa shape index (κ1) is 15.4. The molecule has 18 heavy (non-hydrogen) atoms. The molecule has 1 rings (SSSR count). The molecule has 1 aromatic carbocycles. The SMILES string of the molecule is CC(C)CCCCCOP(=O)(O)c1ccccc1. The fraction of sp³-hybridized carbons (Fsp3) is 0.571. The average Bonchev–Trinajstić information content (AvgIpc) is 2.34. The van der Waals surface area contributed by atoms with Crippen molar-refractivity contribution < 1.29 is 14.0 Å². The van der Waals surface area contributed by atoms with E-state index in [1.54, 1.807) is 24.3 Å². The Morgan fingerprint density at radius 2 is 1.83 bits per heavy atom. The van der Waals surface area contributed by atoms with Crippen molar-refractivity contribution in [3.05, 3.63) is 30.3 Å². The lowest BCUT2D eigenvalue weighted by atomic mass is 10.1. The van der Waals surface area contributed by atoms with E-state index in [1.165, 1.54) is 6.42 Å². The van der Waals surface area contributed by atoms with Crippen LogP contribution >= 0.6 is 7.60 Å². The number of hydrogen-bond acceptors (Lipinski definition) is 2. The maximum atomic E-state index is 11.9. The molecular weight excluding hydrogens is 247 g/mol. The molecule has 0 fully saturated rings. The van der Waals surface area contributed by atoms with Gasteiger partial charge in [0.25, 0.3) is 0 Å². The summed E-state index contributed by atoms with van der Waals surface area (Å²) in [6.07, 6.45) is 4.24. The van der Waals surface area contributed by atoms with E-state index in [0.717, 1.165) is 25.2 Å². The lowest BCUT2D eigenvalue weighted by molar-refractivity contribution is 0.261. The molecule has 0 aliphatic heterocycles. The number of unbranched alkanes of at least 4 members (excludes halogenated alkanes) is 2. The van der Waals surface area contributed by atoms with Gasteiger partial charge in [0.05, 0.1) is 11.9 Å². The second kappa shape index (κ2) is 7.73. The normalized spacial score (nSPS) is 14.7. The molecule has 0 bridgehead atoms. The molecule has 0 aliphatic carbocycles. The molecule has 102 valence electrons. The summed E-state index contributed by atoms with van der Waals surface area (Å²) in [5.74, 6) is 0.721. The van der Waals surface area contributed by atoms with E-state index in [-0.39, 0.29) is 0 Å². The van der Waals surface area contributed by atoms with E-state index in [1.807, 2.05) is 6.07 Å².